The first-order valence-electron chi connectivity index (χ1n) is 2.71. The molecular weight excluding hydrogens is 130 g/mol. The maximum absolute atomic E-state index is 10.5. The van der Waals surface area contributed by atoms with Crippen LogP contribution in [0.25, 0.3) is 0 Å². The Balaban J connectivity index is 4.55. The first-order valence-corrected chi connectivity index (χ1v) is 2.71. The maximum atomic E-state index is 10.5. The monoisotopic (exact) mass is 137 g/mol. The molecule has 0 aromatic rings. The SMILES string of the molecule is CC(=O)/C=C(\C#N)C(C)=O. The number of hydrogen-bond acceptors (Lipinski definition) is 3. The Morgan fingerprint density at radius 3 is 2.00 bits per heavy atom. The van der Waals surface area contributed by atoms with Crippen LogP contribution in [0.4, 0.5) is 0 Å². The van der Waals surface area contributed by atoms with Crippen molar-refractivity contribution >= 4 is 11.6 Å². The fourth-order valence-corrected chi connectivity index (χ4v) is 0.416. The van der Waals surface area contributed by atoms with Crippen molar-refractivity contribution in [3.8, 4) is 6.07 Å². The number of nitriles is 1. The van der Waals surface area contributed by atoms with E-state index in [1.165, 1.54) is 13.8 Å². The molecule has 3 nitrogen and oxygen atoms in total. The molecule has 0 saturated carbocycles. The molecule has 10 heavy (non-hydrogen) atoms. The topological polar surface area (TPSA) is 57.9 Å². The summed E-state index contributed by atoms with van der Waals surface area (Å²) in [6.45, 7) is 2.54. The van der Waals surface area contributed by atoms with Gasteiger partial charge in [0.1, 0.15) is 6.07 Å². The molecule has 0 amide bonds. The van der Waals surface area contributed by atoms with Crippen molar-refractivity contribution in [2.24, 2.45) is 0 Å². The quantitative estimate of drug-likeness (QED) is 0.414. The second kappa shape index (κ2) is 3.57. The predicted molar refractivity (Wildman–Crippen MR) is 35.1 cm³/mol. The van der Waals surface area contributed by atoms with E-state index in [4.69, 9.17) is 5.26 Å². The molecular formula is C7H7NO2. The first-order chi connectivity index (χ1) is 4.57. The zero-order chi connectivity index (χ0) is 8.15. The molecule has 0 atom stereocenters. The summed E-state index contributed by atoms with van der Waals surface area (Å²) in [5.74, 6) is -0.663. The molecule has 0 aromatic carbocycles. The zero-order valence-electron chi connectivity index (χ0n) is 5.84. The lowest BCUT2D eigenvalue weighted by Crippen LogP contribution is -1.96. The molecule has 0 bridgehead atoms. The Hall–Kier alpha value is -1.43. The van der Waals surface area contributed by atoms with Crippen molar-refractivity contribution in [1.29, 1.82) is 5.26 Å². The van der Waals surface area contributed by atoms with E-state index < -0.39 is 0 Å². The van der Waals surface area contributed by atoms with Gasteiger partial charge in [-0.2, -0.15) is 5.26 Å². The Morgan fingerprint density at radius 2 is 1.90 bits per heavy atom. The number of hydrogen-bond donors (Lipinski definition) is 0. The summed E-state index contributed by atoms with van der Waals surface area (Å²) in [5.41, 5.74) is -0.0903. The molecule has 0 saturated heterocycles. The third-order valence-corrected chi connectivity index (χ3v) is 0.847. The van der Waals surface area contributed by atoms with Gasteiger partial charge in [-0.05, 0) is 13.8 Å². The fourth-order valence-electron chi connectivity index (χ4n) is 0.416. The minimum Gasteiger partial charge on any atom is -0.295 e. The van der Waals surface area contributed by atoms with Crippen molar-refractivity contribution in [3.05, 3.63) is 11.6 Å². The van der Waals surface area contributed by atoms with Crippen LogP contribution in [-0.4, -0.2) is 11.6 Å². The minimum absolute atomic E-state index is 0.0903. The predicted octanol–water partition coefficient (Wildman–Crippen LogP) is 0.614. The Kier molecular flexibility index (Phi) is 3.06. The van der Waals surface area contributed by atoms with Crippen LogP contribution in [0.5, 0.6) is 0 Å². The van der Waals surface area contributed by atoms with Gasteiger partial charge in [-0.15, -0.1) is 0 Å². The highest BCUT2D eigenvalue weighted by molar-refractivity contribution is 6.03. The van der Waals surface area contributed by atoms with Crippen LogP contribution in [0, 0.1) is 11.3 Å². The molecule has 0 aliphatic rings. The summed E-state index contributed by atoms with van der Waals surface area (Å²) in [6, 6.07) is 1.62. The average Bonchev–Trinajstić information content (AvgIpc) is 1.81. The van der Waals surface area contributed by atoms with Crippen LogP contribution in [-0.2, 0) is 9.59 Å². The Morgan fingerprint density at radius 1 is 1.40 bits per heavy atom. The summed E-state index contributed by atoms with van der Waals surface area (Å²) in [5, 5.41) is 8.25. The fraction of sp³-hybridized carbons (Fsp3) is 0.286. The number of carbonyl (C=O) groups excluding carboxylic acids is 2. The second-order valence-corrected chi connectivity index (χ2v) is 1.84. The number of nitrogens with zero attached hydrogens (tertiary/aromatic N) is 1. The molecule has 0 radical (unpaired) electrons. The zero-order valence-corrected chi connectivity index (χ0v) is 5.84. The molecule has 0 spiro atoms. The van der Waals surface area contributed by atoms with Gasteiger partial charge in [-0.25, -0.2) is 0 Å². The van der Waals surface area contributed by atoms with Gasteiger partial charge in [0, 0.05) is 6.08 Å². The van der Waals surface area contributed by atoms with Gasteiger partial charge in [-0.1, -0.05) is 0 Å². The summed E-state index contributed by atoms with van der Waals surface area (Å²) >= 11 is 0. The minimum atomic E-state index is -0.377. The molecule has 0 aliphatic carbocycles. The van der Waals surface area contributed by atoms with Crippen molar-refractivity contribution in [2.45, 2.75) is 13.8 Å². The van der Waals surface area contributed by atoms with Crippen LogP contribution < -0.4 is 0 Å². The van der Waals surface area contributed by atoms with E-state index in [0.29, 0.717) is 0 Å². The van der Waals surface area contributed by atoms with Gasteiger partial charge in [0.2, 0.25) is 0 Å². The van der Waals surface area contributed by atoms with E-state index in [-0.39, 0.29) is 17.1 Å². The lowest BCUT2D eigenvalue weighted by atomic mass is 10.2. The van der Waals surface area contributed by atoms with Gasteiger partial charge < -0.3 is 0 Å². The first kappa shape index (κ1) is 8.57. The molecule has 0 rings (SSSR count). The molecule has 0 aliphatic heterocycles. The number of ketones is 2. The number of Topliss-reactive ketones (excluding diaryl/α,β-unsaturated/α-hetero) is 1. The molecule has 52 valence electrons. The number of carbonyl (C=O) groups is 2. The van der Waals surface area contributed by atoms with Gasteiger partial charge in [0.15, 0.2) is 11.6 Å². The normalized spacial score (nSPS) is 10.3. The third kappa shape index (κ3) is 2.78. The van der Waals surface area contributed by atoms with Crippen molar-refractivity contribution in [3.63, 3.8) is 0 Å². The maximum Gasteiger partial charge on any atom is 0.170 e. The summed E-state index contributed by atoms with van der Waals surface area (Å²) < 4.78 is 0. The molecule has 0 fully saturated rings. The lowest BCUT2D eigenvalue weighted by molar-refractivity contribution is -0.115. The van der Waals surface area contributed by atoms with Crippen LogP contribution in [0.15, 0.2) is 11.6 Å². The Bertz CT molecular complexity index is 232. The average molecular weight is 137 g/mol. The van der Waals surface area contributed by atoms with Crippen molar-refractivity contribution in [1.82, 2.24) is 0 Å². The Labute approximate surface area is 59.0 Å². The lowest BCUT2D eigenvalue weighted by Gasteiger charge is -1.85. The molecule has 0 heterocycles. The number of rotatable bonds is 2. The van der Waals surface area contributed by atoms with E-state index in [0.717, 1.165) is 6.08 Å². The molecule has 0 N–H and O–H groups in total. The highest BCUT2D eigenvalue weighted by Crippen LogP contribution is 1.93. The van der Waals surface area contributed by atoms with Crippen LogP contribution in [0.2, 0.25) is 0 Å². The van der Waals surface area contributed by atoms with E-state index in [9.17, 15) is 9.59 Å². The van der Waals surface area contributed by atoms with E-state index in [2.05, 4.69) is 0 Å². The van der Waals surface area contributed by atoms with E-state index in [1.807, 2.05) is 0 Å². The summed E-state index contributed by atoms with van der Waals surface area (Å²) in [7, 11) is 0. The van der Waals surface area contributed by atoms with Crippen LogP contribution in [0.1, 0.15) is 13.8 Å². The van der Waals surface area contributed by atoms with Crippen molar-refractivity contribution < 1.29 is 9.59 Å². The van der Waals surface area contributed by atoms with Crippen molar-refractivity contribution in [2.75, 3.05) is 0 Å². The van der Waals surface area contributed by atoms with Gasteiger partial charge >= 0.3 is 0 Å². The third-order valence-electron chi connectivity index (χ3n) is 0.847. The largest absolute Gasteiger partial charge is 0.295 e. The van der Waals surface area contributed by atoms with Crippen LogP contribution >= 0.6 is 0 Å². The number of allylic oxidation sites excluding steroid dienone is 2. The van der Waals surface area contributed by atoms with Gasteiger partial charge in [0.05, 0.1) is 5.57 Å². The van der Waals surface area contributed by atoms with Crippen LogP contribution in [0.3, 0.4) is 0 Å². The molecule has 3 heteroatoms. The van der Waals surface area contributed by atoms with E-state index in [1.54, 1.807) is 6.07 Å². The summed E-state index contributed by atoms with van der Waals surface area (Å²) in [4.78, 5) is 20.8. The standard InChI is InChI=1S/C7H7NO2/c1-5(9)3-7(4-8)6(2)10/h3H,1-2H3/b7-3+. The molecule has 0 aromatic heterocycles. The summed E-state index contributed by atoms with van der Waals surface area (Å²) in [6.07, 6.45) is 1.03. The smallest absolute Gasteiger partial charge is 0.170 e. The highest BCUT2D eigenvalue weighted by Gasteiger charge is 2.01. The van der Waals surface area contributed by atoms with E-state index >= 15 is 0 Å². The molecule has 0 unspecified atom stereocenters. The highest BCUT2D eigenvalue weighted by atomic mass is 16.1. The van der Waals surface area contributed by atoms with Gasteiger partial charge in [-0.3, -0.25) is 9.59 Å². The van der Waals surface area contributed by atoms with Gasteiger partial charge in [0.25, 0.3) is 0 Å². The second-order valence-electron chi connectivity index (χ2n) is 1.84.